The summed E-state index contributed by atoms with van der Waals surface area (Å²) in [5.41, 5.74) is 13.8. The van der Waals surface area contributed by atoms with Gasteiger partial charge in [-0.25, -0.2) is 0 Å². The molecule has 1 amide bonds. The lowest BCUT2D eigenvalue weighted by atomic mass is 9.81. The van der Waals surface area contributed by atoms with Gasteiger partial charge in [0.2, 0.25) is 0 Å². The molecular weight excluding hydrogens is 350 g/mol. The van der Waals surface area contributed by atoms with E-state index in [1.165, 1.54) is 12.0 Å². The van der Waals surface area contributed by atoms with Crippen molar-refractivity contribution in [2.75, 3.05) is 19.6 Å². The van der Waals surface area contributed by atoms with Gasteiger partial charge in [-0.2, -0.15) is 0 Å². The van der Waals surface area contributed by atoms with Crippen molar-refractivity contribution in [1.29, 1.82) is 0 Å². The average molecular weight is 382 g/mol. The van der Waals surface area contributed by atoms with Gasteiger partial charge in [-0.3, -0.25) is 9.59 Å². The van der Waals surface area contributed by atoms with Crippen LogP contribution in [0.15, 0.2) is 48.1 Å². The summed E-state index contributed by atoms with van der Waals surface area (Å²) in [4.78, 5) is 26.5. The number of allylic oxidation sites excluding steroid dienone is 3. The smallest absolute Gasteiger partial charge is 0.253 e. The minimum atomic E-state index is -0.930. The monoisotopic (exact) mass is 381 g/mol. The maximum absolute atomic E-state index is 12.6. The highest BCUT2D eigenvalue weighted by Gasteiger charge is 2.29. The van der Waals surface area contributed by atoms with E-state index in [0.29, 0.717) is 6.42 Å². The molecule has 3 rings (SSSR count). The number of likely N-dealkylation sites (tertiary alicyclic amines) is 1. The van der Waals surface area contributed by atoms with Crippen molar-refractivity contribution in [2.24, 2.45) is 11.5 Å². The lowest BCUT2D eigenvalue weighted by molar-refractivity contribution is -0.122. The summed E-state index contributed by atoms with van der Waals surface area (Å²) in [6.45, 7) is 3.43. The van der Waals surface area contributed by atoms with Gasteiger partial charge in [-0.05, 0) is 56.7 Å². The molecule has 0 bridgehead atoms. The molecule has 1 aliphatic heterocycles. The number of amides is 1. The van der Waals surface area contributed by atoms with E-state index < -0.39 is 5.54 Å². The zero-order chi connectivity index (χ0) is 20.1. The van der Waals surface area contributed by atoms with E-state index in [4.69, 9.17) is 11.5 Å². The van der Waals surface area contributed by atoms with Crippen LogP contribution in [-0.4, -0.2) is 41.8 Å². The maximum Gasteiger partial charge on any atom is 0.253 e. The molecule has 5 heteroatoms. The second-order valence-electron chi connectivity index (χ2n) is 8.22. The van der Waals surface area contributed by atoms with Crippen LogP contribution in [0.25, 0.3) is 0 Å². The number of carbonyl (C=O) groups is 2. The molecule has 1 aromatic carbocycles. The number of nitrogens with two attached hydrogens (primary N) is 2. The lowest BCUT2D eigenvalue weighted by Crippen LogP contribution is -2.48. The molecule has 5 nitrogen and oxygen atoms in total. The van der Waals surface area contributed by atoms with E-state index in [0.717, 1.165) is 43.5 Å². The zero-order valence-corrected chi connectivity index (χ0v) is 16.7. The first-order valence-corrected chi connectivity index (χ1v) is 10.2. The van der Waals surface area contributed by atoms with Crippen LogP contribution in [0.1, 0.15) is 60.9 Å². The van der Waals surface area contributed by atoms with Gasteiger partial charge in [0.15, 0.2) is 5.78 Å². The quantitative estimate of drug-likeness (QED) is 0.793. The molecule has 0 spiro atoms. The first-order chi connectivity index (χ1) is 13.4. The molecule has 2 aliphatic rings. The van der Waals surface area contributed by atoms with Crippen LogP contribution in [-0.2, 0) is 4.79 Å². The Morgan fingerprint density at radius 2 is 1.82 bits per heavy atom. The molecule has 0 saturated carbocycles. The van der Waals surface area contributed by atoms with Crippen molar-refractivity contribution in [1.82, 2.24) is 4.90 Å². The van der Waals surface area contributed by atoms with E-state index in [9.17, 15) is 9.59 Å². The van der Waals surface area contributed by atoms with Crippen LogP contribution in [0, 0.1) is 0 Å². The predicted molar refractivity (Wildman–Crippen MR) is 112 cm³/mol. The number of hydrogen-bond donors (Lipinski definition) is 2. The van der Waals surface area contributed by atoms with Gasteiger partial charge in [-0.1, -0.05) is 35.9 Å². The number of piperidine rings is 1. The molecule has 1 heterocycles. The first kappa shape index (κ1) is 20.5. The van der Waals surface area contributed by atoms with Gasteiger partial charge in [0.25, 0.3) is 5.91 Å². The Kier molecular flexibility index (Phi) is 6.47. The molecule has 1 aromatic rings. The van der Waals surface area contributed by atoms with Crippen LogP contribution in [0.3, 0.4) is 0 Å². The maximum atomic E-state index is 12.6. The van der Waals surface area contributed by atoms with Gasteiger partial charge < -0.3 is 16.4 Å². The Hall–Kier alpha value is -2.24. The second kappa shape index (κ2) is 8.84. The summed E-state index contributed by atoms with van der Waals surface area (Å²) in [6.07, 6.45) is 11.0. The first-order valence-electron chi connectivity index (χ1n) is 10.2. The summed E-state index contributed by atoms with van der Waals surface area (Å²) >= 11 is 0. The van der Waals surface area contributed by atoms with Gasteiger partial charge in [0.05, 0.1) is 12.1 Å². The van der Waals surface area contributed by atoms with Crippen molar-refractivity contribution < 1.29 is 9.59 Å². The van der Waals surface area contributed by atoms with Crippen LogP contribution in [0.2, 0.25) is 0 Å². The third kappa shape index (κ3) is 4.78. The molecule has 150 valence electrons. The number of benzene rings is 1. The van der Waals surface area contributed by atoms with Crippen LogP contribution in [0.4, 0.5) is 0 Å². The highest BCUT2D eigenvalue weighted by molar-refractivity contribution is 5.94. The minimum Gasteiger partial charge on any atom is -0.339 e. The highest BCUT2D eigenvalue weighted by atomic mass is 16.2. The van der Waals surface area contributed by atoms with Crippen LogP contribution in [0.5, 0.6) is 0 Å². The van der Waals surface area contributed by atoms with Crippen LogP contribution < -0.4 is 11.5 Å². The third-order valence-electron chi connectivity index (χ3n) is 5.80. The molecule has 1 fully saturated rings. The molecule has 4 N–H and O–H groups in total. The van der Waals surface area contributed by atoms with Crippen molar-refractivity contribution >= 4 is 11.7 Å². The fraction of sp³-hybridized carbons (Fsp3) is 0.478. The Morgan fingerprint density at radius 1 is 1.14 bits per heavy atom. The van der Waals surface area contributed by atoms with E-state index >= 15 is 0 Å². The molecule has 2 unspecified atom stereocenters. The van der Waals surface area contributed by atoms with Crippen molar-refractivity contribution in [2.45, 2.75) is 50.5 Å². The molecule has 0 radical (unpaired) electrons. The standard InChI is InChI=1S/C23H31N3O2/c1-23(25,21(27)16-24)15-17-6-5-7-20(14-17)18-8-10-19(11-9-18)22(28)26-12-3-2-4-13-26/h5-11,20H,2-4,12-16,24-25H2,1H3. The lowest BCUT2D eigenvalue weighted by Gasteiger charge is -2.28. The SMILES string of the molecule is CC(N)(CC1=CC=CC(c2ccc(C(=O)N3CCCCC3)cc2)C1)C(=O)CN. The Balaban J connectivity index is 1.64. The van der Waals surface area contributed by atoms with E-state index in [2.05, 4.69) is 6.08 Å². The number of nitrogens with zero attached hydrogens (tertiary/aromatic N) is 1. The van der Waals surface area contributed by atoms with Crippen molar-refractivity contribution in [3.63, 3.8) is 0 Å². The van der Waals surface area contributed by atoms with Gasteiger partial charge in [-0.15, -0.1) is 0 Å². The second-order valence-corrected chi connectivity index (χ2v) is 8.22. The fourth-order valence-corrected chi connectivity index (χ4v) is 4.06. The minimum absolute atomic E-state index is 0.0357. The molecular formula is C23H31N3O2. The molecule has 28 heavy (non-hydrogen) atoms. The molecule has 1 aliphatic carbocycles. The summed E-state index contributed by atoms with van der Waals surface area (Å²) in [5.74, 6) is 0.230. The number of Topliss-reactive ketones (excluding diaryl/α,β-unsaturated/α-hetero) is 1. The fourth-order valence-electron chi connectivity index (χ4n) is 4.06. The third-order valence-corrected chi connectivity index (χ3v) is 5.80. The van der Waals surface area contributed by atoms with Crippen LogP contribution >= 0.6 is 0 Å². The Morgan fingerprint density at radius 3 is 2.46 bits per heavy atom. The molecule has 0 aromatic heterocycles. The van der Waals surface area contributed by atoms with Gasteiger partial charge >= 0.3 is 0 Å². The molecule has 1 saturated heterocycles. The Labute approximate surface area is 167 Å². The topological polar surface area (TPSA) is 89.4 Å². The Bertz CT molecular complexity index is 772. The predicted octanol–water partition coefficient (Wildman–Crippen LogP) is 2.92. The van der Waals surface area contributed by atoms with E-state index in [1.54, 1.807) is 6.92 Å². The largest absolute Gasteiger partial charge is 0.339 e. The summed E-state index contributed by atoms with van der Waals surface area (Å²) in [5, 5.41) is 0. The van der Waals surface area contributed by atoms with Crippen molar-refractivity contribution in [3.8, 4) is 0 Å². The normalized spacial score (nSPS) is 21.8. The zero-order valence-electron chi connectivity index (χ0n) is 16.7. The van der Waals surface area contributed by atoms with E-state index in [1.807, 2.05) is 41.3 Å². The summed E-state index contributed by atoms with van der Waals surface area (Å²) < 4.78 is 0. The number of rotatable bonds is 6. The number of hydrogen-bond acceptors (Lipinski definition) is 4. The van der Waals surface area contributed by atoms with Gasteiger partial charge in [0, 0.05) is 24.6 Å². The molecule has 2 atom stereocenters. The average Bonchev–Trinajstić information content (AvgIpc) is 2.73. The summed E-state index contributed by atoms with van der Waals surface area (Å²) in [7, 11) is 0. The van der Waals surface area contributed by atoms with Crippen molar-refractivity contribution in [3.05, 3.63) is 59.2 Å². The summed E-state index contributed by atoms with van der Waals surface area (Å²) in [6, 6.07) is 7.95. The van der Waals surface area contributed by atoms with E-state index in [-0.39, 0.29) is 24.2 Å². The number of carbonyl (C=O) groups excluding carboxylic acids is 2. The van der Waals surface area contributed by atoms with Gasteiger partial charge in [0.1, 0.15) is 0 Å². The number of ketones is 1. The highest BCUT2D eigenvalue weighted by Crippen LogP contribution is 2.32.